The molecule has 0 amide bonds. The summed E-state index contributed by atoms with van der Waals surface area (Å²) in [6.07, 6.45) is 2.67. The van der Waals surface area contributed by atoms with Crippen molar-refractivity contribution in [3.8, 4) is 11.1 Å². The Kier molecular flexibility index (Phi) is 3.49. The van der Waals surface area contributed by atoms with Crippen molar-refractivity contribution in [2.45, 2.75) is 13.3 Å². The molecule has 2 aromatic rings. The van der Waals surface area contributed by atoms with Crippen LogP contribution in [0.4, 0.5) is 20.3 Å². The van der Waals surface area contributed by atoms with E-state index < -0.39 is 11.6 Å². The van der Waals surface area contributed by atoms with Crippen LogP contribution in [0.5, 0.6) is 0 Å². The number of benzene rings is 1. The Balaban J connectivity index is 2.06. The molecule has 1 aromatic carbocycles. The highest BCUT2D eigenvalue weighted by atomic mass is 19.1. The molecule has 2 N–H and O–H groups in total. The van der Waals surface area contributed by atoms with Gasteiger partial charge in [0.25, 0.3) is 0 Å². The highest BCUT2D eigenvalue weighted by Crippen LogP contribution is 2.35. The molecule has 1 aromatic heterocycles. The second kappa shape index (κ2) is 5.31. The van der Waals surface area contributed by atoms with Gasteiger partial charge in [0.1, 0.15) is 11.6 Å². The minimum absolute atomic E-state index is 0.170. The summed E-state index contributed by atoms with van der Waals surface area (Å²) in [7, 11) is 0. The number of nitrogen functional groups attached to an aromatic ring is 1. The van der Waals surface area contributed by atoms with Gasteiger partial charge in [-0.3, -0.25) is 0 Å². The summed E-state index contributed by atoms with van der Waals surface area (Å²) in [6, 6.07) is 5.00. The molecular formula is C16H17F2N3. The second-order valence-corrected chi connectivity index (χ2v) is 5.56. The van der Waals surface area contributed by atoms with Crippen molar-refractivity contribution in [3.05, 3.63) is 42.1 Å². The zero-order valence-electron chi connectivity index (χ0n) is 11.8. The van der Waals surface area contributed by atoms with Gasteiger partial charge in [-0.15, -0.1) is 0 Å². The van der Waals surface area contributed by atoms with Crippen LogP contribution in [0, 0.1) is 17.6 Å². The van der Waals surface area contributed by atoms with Crippen molar-refractivity contribution in [2.75, 3.05) is 23.7 Å². The Morgan fingerprint density at radius 1 is 1.24 bits per heavy atom. The lowest BCUT2D eigenvalue weighted by Gasteiger charge is -2.20. The lowest BCUT2D eigenvalue weighted by atomic mass is 10.0. The van der Waals surface area contributed by atoms with Crippen molar-refractivity contribution >= 4 is 11.5 Å². The van der Waals surface area contributed by atoms with Gasteiger partial charge in [0.05, 0.1) is 5.69 Å². The third-order valence-corrected chi connectivity index (χ3v) is 3.91. The molecule has 21 heavy (non-hydrogen) atoms. The van der Waals surface area contributed by atoms with Crippen LogP contribution >= 0.6 is 0 Å². The molecule has 110 valence electrons. The number of aromatic nitrogens is 1. The van der Waals surface area contributed by atoms with E-state index in [2.05, 4.69) is 16.8 Å². The third kappa shape index (κ3) is 2.55. The molecule has 1 fully saturated rings. The van der Waals surface area contributed by atoms with Gasteiger partial charge < -0.3 is 10.6 Å². The second-order valence-electron chi connectivity index (χ2n) is 5.56. The minimum Gasteiger partial charge on any atom is -0.395 e. The number of nitrogens with two attached hydrogens (primary N) is 1. The quantitative estimate of drug-likeness (QED) is 0.920. The van der Waals surface area contributed by atoms with Crippen LogP contribution in [0.25, 0.3) is 11.1 Å². The molecule has 0 aliphatic carbocycles. The summed E-state index contributed by atoms with van der Waals surface area (Å²) in [6.45, 7) is 3.94. The van der Waals surface area contributed by atoms with Gasteiger partial charge in [-0.25, -0.2) is 13.8 Å². The Morgan fingerprint density at radius 3 is 2.76 bits per heavy atom. The maximum atomic E-state index is 14.0. The van der Waals surface area contributed by atoms with Crippen LogP contribution in [-0.4, -0.2) is 18.1 Å². The molecule has 1 atom stereocenters. The summed E-state index contributed by atoms with van der Waals surface area (Å²) < 4.78 is 27.3. The Hall–Kier alpha value is -2.17. The fourth-order valence-corrected chi connectivity index (χ4v) is 2.78. The van der Waals surface area contributed by atoms with Gasteiger partial charge in [0.2, 0.25) is 0 Å². The molecule has 0 spiro atoms. The van der Waals surface area contributed by atoms with E-state index in [1.807, 2.05) is 0 Å². The zero-order valence-corrected chi connectivity index (χ0v) is 11.8. The number of pyridine rings is 1. The molecule has 3 rings (SSSR count). The summed E-state index contributed by atoms with van der Waals surface area (Å²) in [5.41, 5.74) is 7.22. The molecule has 0 bridgehead atoms. The molecule has 2 heterocycles. The Labute approximate surface area is 122 Å². The molecule has 5 heteroatoms. The fourth-order valence-electron chi connectivity index (χ4n) is 2.78. The van der Waals surface area contributed by atoms with Gasteiger partial charge in [0, 0.05) is 30.4 Å². The number of hydrogen-bond acceptors (Lipinski definition) is 3. The van der Waals surface area contributed by atoms with Crippen LogP contribution in [0.2, 0.25) is 0 Å². The summed E-state index contributed by atoms with van der Waals surface area (Å²) in [4.78, 5) is 6.42. The number of rotatable bonds is 2. The normalized spacial score (nSPS) is 18.2. The minimum atomic E-state index is -0.491. The van der Waals surface area contributed by atoms with Crippen molar-refractivity contribution in [2.24, 2.45) is 5.92 Å². The van der Waals surface area contributed by atoms with E-state index in [1.165, 1.54) is 0 Å². The zero-order chi connectivity index (χ0) is 15.0. The van der Waals surface area contributed by atoms with Crippen LogP contribution in [-0.2, 0) is 0 Å². The predicted octanol–water partition coefficient (Wildman–Crippen LogP) is 3.46. The number of anilines is 2. The molecular weight excluding hydrogens is 272 g/mol. The first kappa shape index (κ1) is 13.8. The number of hydrogen-bond donors (Lipinski definition) is 1. The maximum absolute atomic E-state index is 14.0. The van der Waals surface area contributed by atoms with E-state index in [9.17, 15) is 8.78 Å². The topological polar surface area (TPSA) is 42.2 Å². The van der Waals surface area contributed by atoms with Crippen molar-refractivity contribution < 1.29 is 8.78 Å². The van der Waals surface area contributed by atoms with E-state index in [4.69, 9.17) is 5.73 Å². The Bertz CT molecular complexity index is 673. The van der Waals surface area contributed by atoms with Gasteiger partial charge in [-0.1, -0.05) is 6.92 Å². The average Bonchev–Trinajstić information content (AvgIpc) is 2.88. The standard InChI is InChI=1S/C16H17F2N3/c1-10-5-7-21(9-10)16-15(19)12(4-6-20-16)13-8-11(17)2-3-14(13)18/h2-4,6,8,10H,5,7,9,19H2,1H3/t10-/m0/s1. The Morgan fingerprint density at radius 2 is 2.05 bits per heavy atom. The lowest BCUT2D eigenvalue weighted by molar-refractivity contribution is 0.603. The molecule has 1 saturated heterocycles. The van der Waals surface area contributed by atoms with Crippen LogP contribution in [0.15, 0.2) is 30.5 Å². The molecule has 0 saturated carbocycles. The first-order chi connectivity index (χ1) is 10.1. The highest BCUT2D eigenvalue weighted by molar-refractivity contribution is 5.84. The van der Waals surface area contributed by atoms with E-state index >= 15 is 0 Å². The van der Waals surface area contributed by atoms with Crippen molar-refractivity contribution in [3.63, 3.8) is 0 Å². The highest BCUT2D eigenvalue weighted by Gasteiger charge is 2.23. The fraction of sp³-hybridized carbons (Fsp3) is 0.312. The predicted molar refractivity (Wildman–Crippen MR) is 80.0 cm³/mol. The monoisotopic (exact) mass is 289 g/mol. The number of nitrogens with zero attached hydrogens (tertiary/aromatic N) is 2. The molecule has 3 nitrogen and oxygen atoms in total. The van der Waals surface area contributed by atoms with Gasteiger partial charge in [0.15, 0.2) is 5.82 Å². The third-order valence-electron chi connectivity index (χ3n) is 3.91. The summed E-state index contributed by atoms with van der Waals surface area (Å²) in [5, 5.41) is 0. The number of halogens is 2. The van der Waals surface area contributed by atoms with Crippen LogP contribution in [0.1, 0.15) is 13.3 Å². The van der Waals surface area contributed by atoms with E-state index in [1.54, 1.807) is 12.3 Å². The largest absolute Gasteiger partial charge is 0.395 e. The van der Waals surface area contributed by atoms with Gasteiger partial charge in [-0.2, -0.15) is 0 Å². The first-order valence-corrected chi connectivity index (χ1v) is 7.01. The van der Waals surface area contributed by atoms with E-state index in [-0.39, 0.29) is 5.56 Å². The molecule has 0 unspecified atom stereocenters. The molecule has 1 aliphatic rings. The van der Waals surface area contributed by atoms with Gasteiger partial charge in [-0.05, 0) is 36.6 Å². The van der Waals surface area contributed by atoms with E-state index in [0.29, 0.717) is 23.0 Å². The van der Waals surface area contributed by atoms with Crippen molar-refractivity contribution in [1.82, 2.24) is 4.98 Å². The summed E-state index contributed by atoms with van der Waals surface area (Å²) >= 11 is 0. The molecule has 1 aliphatic heterocycles. The van der Waals surface area contributed by atoms with Crippen LogP contribution in [0.3, 0.4) is 0 Å². The summed E-state index contributed by atoms with van der Waals surface area (Å²) in [5.74, 6) is 0.260. The van der Waals surface area contributed by atoms with Crippen molar-refractivity contribution in [1.29, 1.82) is 0 Å². The smallest absolute Gasteiger partial charge is 0.152 e. The SMILES string of the molecule is C[C@H]1CCN(c2nccc(-c3cc(F)ccc3F)c2N)C1. The lowest BCUT2D eigenvalue weighted by Crippen LogP contribution is -2.21. The first-order valence-electron chi connectivity index (χ1n) is 7.01. The van der Waals surface area contributed by atoms with Crippen LogP contribution < -0.4 is 10.6 Å². The van der Waals surface area contributed by atoms with E-state index in [0.717, 1.165) is 37.7 Å². The van der Waals surface area contributed by atoms with Gasteiger partial charge >= 0.3 is 0 Å². The average molecular weight is 289 g/mol. The molecule has 0 radical (unpaired) electrons. The maximum Gasteiger partial charge on any atom is 0.152 e.